The van der Waals surface area contributed by atoms with Crippen molar-refractivity contribution >= 4 is 5.95 Å². The second-order valence-corrected chi connectivity index (χ2v) is 3.44. The van der Waals surface area contributed by atoms with Crippen LogP contribution >= 0.6 is 0 Å². The van der Waals surface area contributed by atoms with Crippen LogP contribution in [0.15, 0.2) is 12.3 Å². The van der Waals surface area contributed by atoms with Crippen LogP contribution in [0.25, 0.3) is 0 Å². The van der Waals surface area contributed by atoms with Gasteiger partial charge in [0.05, 0.1) is 6.04 Å². The van der Waals surface area contributed by atoms with Gasteiger partial charge in [0, 0.05) is 19.3 Å². The molecule has 0 aliphatic carbocycles. The van der Waals surface area contributed by atoms with Gasteiger partial charge in [-0.15, -0.1) is 0 Å². The Labute approximate surface area is 82.4 Å². The maximum atomic E-state index is 8.63. The summed E-state index contributed by atoms with van der Waals surface area (Å²) < 4.78 is 0. The van der Waals surface area contributed by atoms with E-state index in [9.17, 15) is 0 Å². The highest BCUT2D eigenvalue weighted by Gasteiger charge is 2.23. The third-order valence-electron chi connectivity index (χ3n) is 2.17. The van der Waals surface area contributed by atoms with Gasteiger partial charge in [0.2, 0.25) is 5.95 Å². The minimum atomic E-state index is 0.398. The summed E-state index contributed by atoms with van der Waals surface area (Å²) in [5.41, 5.74) is 0.398. The number of hydrogen-bond donors (Lipinski definition) is 1. The number of likely N-dealkylation sites (N-methyl/N-ethyl adjacent to an activating group) is 1. The molecule has 0 amide bonds. The molecule has 5 heteroatoms. The van der Waals surface area contributed by atoms with Crippen molar-refractivity contribution in [2.75, 3.05) is 25.5 Å². The first-order valence-corrected chi connectivity index (χ1v) is 4.46. The minimum absolute atomic E-state index is 0.398. The van der Waals surface area contributed by atoms with Crippen LogP contribution in [-0.2, 0) is 0 Å². The Morgan fingerprint density at radius 2 is 2.43 bits per heavy atom. The van der Waals surface area contributed by atoms with E-state index in [1.54, 1.807) is 12.3 Å². The molecule has 1 aromatic heterocycles. The van der Waals surface area contributed by atoms with Gasteiger partial charge in [-0.3, -0.25) is 0 Å². The Bertz CT molecular complexity index is 364. The molecule has 5 nitrogen and oxygen atoms in total. The zero-order valence-electron chi connectivity index (χ0n) is 7.94. The number of nitrogens with one attached hydrogen (secondary N) is 1. The Hall–Kier alpha value is -1.67. The van der Waals surface area contributed by atoms with Gasteiger partial charge in [-0.1, -0.05) is 0 Å². The van der Waals surface area contributed by atoms with Crippen LogP contribution in [0.4, 0.5) is 5.95 Å². The molecule has 1 N–H and O–H groups in total. The van der Waals surface area contributed by atoms with Crippen molar-refractivity contribution in [3.05, 3.63) is 18.0 Å². The lowest BCUT2D eigenvalue weighted by Gasteiger charge is -2.36. The van der Waals surface area contributed by atoms with Crippen LogP contribution in [-0.4, -0.2) is 41.0 Å². The van der Waals surface area contributed by atoms with Gasteiger partial charge in [0.15, 0.2) is 0 Å². The van der Waals surface area contributed by atoms with Crippen molar-refractivity contribution in [2.45, 2.75) is 6.04 Å². The molecule has 0 bridgehead atoms. The SMILES string of the molecule is CN1CC(Nc2nccc(C#N)n2)C1. The molecule has 0 radical (unpaired) electrons. The number of aromatic nitrogens is 2. The fraction of sp³-hybridized carbons (Fsp3) is 0.444. The quantitative estimate of drug-likeness (QED) is 0.713. The van der Waals surface area contributed by atoms with E-state index in [2.05, 4.69) is 27.2 Å². The van der Waals surface area contributed by atoms with Crippen LogP contribution < -0.4 is 5.32 Å². The smallest absolute Gasteiger partial charge is 0.224 e. The monoisotopic (exact) mass is 189 g/mol. The van der Waals surface area contributed by atoms with Crippen molar-refractivity contribution in [1.29, 1.82) is 5.26 Å². The van der Waals surface area contributed by atoms with E-state index in [0.717, 1.165) is 13.1 Å². The maximum absolute atomic E-state index is 8.63. The lowest BCUT2D eigenvalue weighted by Crippen LogP contribution is -2.52. The van der Waals surface area contributed by atoms with E-state index in [1.807, 2.05) is 6.07 Å². The molecular formula is C9H11N5. The van der Waals surface area contributed by atoms with Gasteiger partial charge >= 0.3 is 0 Å². The lowest BCUT2D eigenvalue weighted by atomic mass is 10.1. The van der Waals surface area contributed by atoms with Gasteiger partial charge in [0.1, 0.15) is 11.8 Å². The summed E-state index contributed by atoms with van der Waals surface area (Å²) in [6, 6.07) is 3.99. The molecule has 1 saturated heterocycles. The molecule has 1 fully saturated rings. The molecule has 1 aromatic rings. The third-order valence-corrected chi connectivity index (χ3v) is 2.17. The van der Waals surface area contributed by atoms with E-state index in [-0.39, 0.29) is 0 Å². The fourth-order valence-electron chi connectivity index (χ4n) is 1.46. The van der Waals surface area contributed by atoms with Gasteiger partial charge < -0.3 is 10.2 Å². The number of likely N-dealkylation sites (tertiary alicyclic amines) is 1. The molecule has 0 spiro atoms. The first kappa shape index (κ1) is 8.91. The third kappa shape index (κ3) is 1.80. The van der Waals surface area contributed by atoms with E-state index < -0.39 is 0 Å². The molecule has 2 rings (SSSR count). The van der Waals surface area contributed by atoms with E-state index in [1.165, 1.54) is 0 Å². The van der Waals surface area contributed by atoms with Crippen LogP contribution in [0.5, 0.6) is 0 Å². The Morgan fingerprint density at radius 1 is 1.64 bits per heavy atom. The van der Waals surface area contributed by atoms with Crippen molar-refractivity contribution in [3.63, 3.8) is 0 Å². The highest BCUT2D eigenvalue weighted by atomic mass is 15.3. The highest BCUT2D eigenvalue weighted by molar-refractivity contribution is 5.31. The predicted octanol–water partition coefficient (Wildman–Crippen LogP) is 0.0742. The zero-order valence-corrected chi connectivity index (χ0v) is 7.94. The topological polar surface area (TPSA) is 64.8 Å². The van der Waals surface area contributed by atoms with Crippen LogP contribution in [0.1, 0.15) is 5.69 Å². The summed E-state index contributed by atoms with van der Waals surface area (Å²) in [4.78, 5) is 10.3. The molecule has 0 unspecified atom stereocenters. The van der Waals surface area contributed by atoms with Gasteiger partial charge in [-0.25, -0.2) is 9.97 Å². The summed E-state index contributed by atoms with van der Waals surface area (Å²) in [7, 11) is 2.06. The molecule has 0 saturated carbocycles. The van der Waals surface area contributed by atoms with E-state index in [0.29, 0.717) is 17.7 Å². The van der Waals surface area contributed by atoms with Crippen molar-refractivity contribution in [2.24, 2.45) is 0 Å². The van der Waals surface area contributed by atoms with Gasteiger partial charge in [-0.05, 0) is 13.1 Å². The Balaban J connectivity index is 2.00. The maximum Gasteiger partial charge on any atom is 0.224 e. The number of anilines is 1. The molecule has 1 aliphatic rings. The number of nitrogens with zero attached hydrogens (tertiary/aromatic N) is 4. The van der Waals surface area contributed by atoms with Crippen LogP contribution in [0, 0.1) is 11.3 Å². The molecule has 2 heterocycles. The van der Waals surface area contributed by atoms with Crippen molar-refractivity contribution < 1.29 is 0 Å². The molecule has 1 aliphatic heterocycles. The summed E-state index contributed by atoms with van der Waals surface area (Å²) in [6.07, 6.45) is 1.59. The fourth-order valence-corrected chi connectivity index (χ4v) is 1.46. The minimum Gasteiger partial charge on any atom is -0.349 e. The summed E-state index contributed by atoms with van der Waals surface area (Å²) >= 11 is 0. The number of hydrogen-bond acceptors (Lipinski definition) is 5. The van der Waals surface area contributed by atoms with Crippen molar-refractivity contribution in [1.82, 2.24) is 14.9 Å². The number of rotatable bonds is 2. The van der Waals surface area contributed by atoms with Gasteiger partial charge in [0.25, 0.3) is 0 Å². The van der Waals surface area contributed by atoms with Crippen LogP contribution in [0.3, 0.4) is 0 Å². The molecule has 14 heavy (non-hydrogen) atoms. The van der Waals surface area contributed by atoms with E-state index in [4.69, 9.17) is 5.26 Å². The van der Waals surface area contributed by atoms with Crippen LogP contribution in [0.2, 0.25) is 0 Å². The van der Waals surface area contributed by atoms with E-state index >= 15 is 0 Å². The Morgan fingerprint density at radius 3 is 3.07 bits per heavy atom. The summed E-state index contributed by atoms with van der Waals surface area (Å²) in [5.74, 6) is 0.544. The number of nitriles is 1. The summed E-state index contributed by atoms with van der Waals surface area (Å²) in [6.45, 7) is 2.00. The predicted molar refractivity (Wildman–Crippen MR) is 51.7 cm³/mol. The normalized spacial score (nSPS) is 17.1. The molecule has 72 valence electrons. The zero-order chi connectivity index (χ0) is 9.97. The Kier molecular flexibility index (Phi) is 2.29. The average molecular weight is 189 g/mol. The highest BCUT2D eigenvalue weighted by Crippen LogP contribution is 2.09. The second-order valence-electron chi connectivity index (χ2n) is 3.44. The second kappa shape index (κ2) is 3.60. The summed E-state index contributed by atoms with van der Waals surface area (Å²) in [5, 5.41) is 11.8. The molecule has 0 aromatic carbocycles. The standard InChI is InChI=1S/C9H11N5/c1-14-5-8(6-14)13-9-11-3-2-7(4-10)12-9/h2-3,8H,5-6H2,1H3,(H,11,12,13). The van der Waals surface area contributed by atoms with Gasteiger partial charge in [-0.2, -0.15) is 5.26 Å². The molecule has 0 atom stereocenters. The van der Waals surface area contributed by atoms with Crippen molar-refractivity contribution in [3.8, 4) is 6.07 Å². The lowest BCUT2D eigenvalue weighted by molar-refractivity contribution is 0.204. The average Bonchev–Trinajstić information content (AvgIpc) is 2.16. The molecular weight excluding hydrogens is 178 g/mol. The first-order chi connectivity index (χ1) is 6.78. The first-order valence-electron chi connectivity index (χ1n) is 4.46. The largest absolute Gasteiger partial charge is 0.349 e.